The molecule has 0 saturated carbocycles. The molecule has 0 fully saturated rings. The van der Waals surface area contributed by atoms with Gasteiger partial charge in [-0.2, -0.15) is 0 Å². The summed E-state index contributed by atoms with van der Waals surface area (Å²) in [5, 5.41) is 68.3. The van der Waals surface area contributed by atoms with E-state index in [9.17, 15) is 29.4 Å². The van der Waals surface area contributed by atoms with E-state index in [0.717, 1.165) is 0 Å². The van der Waals surface area contributed by atoms with E-state index >= 15 is 0 Å². The Morgan fingerprint density at radius 2 is 0.816 bits per heavy atom. The Balaban J connectivity index is 0. The van der Waals surface area contributed by atoms with Crippen molar-refractivity contribution in [1.82, 2.24) is 0 Å². The minimum absolute atomic E-state index is 0.409. The maximum Gasteiger partial charge on any atom is 0.335 e. The van der Waals surface area contributed by atoms with Crippen LogP contribution in [0.4, 0.5) is 0 Å². The standard InChI is InChI=1S/2C8H11N.2C4H6O6/c2*1-7(9)8-5-3-2-4-6-8;2*5-1(3(7)8)2(6)4(9)10/h2*2-7H,9H2,1H3;2*1-2,5-6H,(H,7,8)(H,9,10)/t2*7-;2*1-,2-/m0010/s1. The van der Waals surface area contributed by atoms with Crippen molar-refractivity contribution >= 4 is 23.9 Å². The van der Waals surface area contributed by atoms with Gasteiger partial charge < -0.3 is 61.9 Å². The highest BCUT2D eigenvalue weighted by molar-refractivity contribution is 5.82. The molecular weight excluding hydrogens is 508 g/mol. The van der Waals surface area contributed by atoms with Crippen molar-refractivity contribution in [2.45, 2.75) is 50.3 Å². The van der Waals surface area contributed by atoms with E-state index in [-0.39, 0.29) is 0 Å². The van der Waals surface area contributed by atoms with Crippen LogP contribution in [0.5, 0.6) is 0 Å². The van der Waals surface area contributed by atoms with Crippen molar-refractivity contribution in [1.29, 1.82) is 0 Å². The van der Waals surface area contributed by atoms with Crippen molar-refractivity contribution in [2.75, 3.05) is 0 Å². The van der Waals surface area contributed by atoms with Crippen LogP contribution in [0.3, 0.4) is 0 Å². The number of quaternary nitrogens is 2. The SMILES string of the molecule is C[C@H]([NH3+])c1ccccc1.C[C@H]([NH3+])c1ccccc1.O=C([O-])[C@@H](O)[C@H](O)C(=O)O.O=C([O-])[C@H](O)[C@@H](O)C(=O)O. The van der Waals surface area contributed by atoms with Gasteiger partial charge in [-0.05, 0) is 13.8 Å². The molecule has 0 amide bonds. The lowest BCUT2D eigenvalue weighted by atomic mass is 10.1. The molecule has 0 heterocycles. The fraction of sp³-hybridized carbons (Fsp3) is 0.333. The Hall–Kier alpha value is -3.92. The predicted octanol–water partition coefficient (Wildman–Crippen LogP) is -4.94. The van der Waals surface area contributed by atoms with Crippen LogP contribution in [0, 0.1) is 0 Å². The van der Waals surface area contributed by atoms with E-state index in [1.165, 1.54) is 11.1 Å². The van der Waals surface area contributed by atoms with Gasteiger partial charge in [0.15, 0.2) is 12.2 Å². The minimum atomic E-state index is -2.38. The Labute approximate surface area is 218 Å². The first kappa shape index (κ1) is 36.2. The fourth-order valence-corrected chi connectivity index (χ4v) is 2.09. The Morgan fingerprint density at radius 3 is 0.921 bits per heavy atom. The lowest BCUT2D eigenvalue weighted by Gasteiger charge is -2.13. The average molecular weight is 543 g/mol. The number of carbonyl (C=O) groups is 4. The van der Waals surface area contributed by atoms with Gasteiger partial charge in [0.1, 0.15) is 24.3 Å². The molecule has 6 atom stereocenters. The van der Waals surface area contributed by atoms with Crippen molar-refractivity contribution in [3.05, 3.63) is 71.8 Å². The third-order valence-electron chi connectivity index (χ3n) is 4.32. The zero-order chi connectivity index (χ0) is 30.0. The van der Waals surface area contributed by atoms with E-state index in [1.54, 1.807) is 0 Å². The van der Waals surface area contributed by atoms with Crippen LogP contribution >= 0.6 is 0 Å². The van der Waals surface area contributed by atoms with Crippen LogP contribution in [0.2, 0.25) is 0 Å². The quantitative estimate of drug-likeness (QED) is 0.156. The van der Waals surface area contributed by atoms with Crippen LogP contribution in [0.15, 0.2) is 60.7 Å². The normalized spacial score (nSPS) is 14.5. The summed E-state index contributed by atoms with van der Waals surface area (Å²) >= 11 is 0. The lowest BCUT2D eigenvalue weighted by molar-refractivity contribution is -0.420. The van der Waals surface area contributed by atoms with Gasteiger partial charge in [-0.3, -0.25) is 0 Å². The molecule has 14 nitrogen and oxygen atoms in total. The van der Waals surface area contributed by atoms with Crippen LogP contribution in [-0.4, -0.2) is 78.9 Å². The molecule has 2 aromatic carbocycles. The molecule has 0 bridgehead atoms. The monoisotopic (exact) mass is 542 g/mol. The second-order valence-corrected chi connectivity index (χ2v) is 7.72. The predicted molar refractivity (Wildman–Crippen MR) is 125 cm³/mol. The number of aliphatic carboxylic acids is 4. The minimum Gasteiger partial charge on any atom is -0.547 e. The molecule has 212 valence electrons. The van der Waals surface area contributed by atoms with Gasteiger partial charge >= 0.3 is 11.9 Å². The molecule has 2 rings (SSSR count). The summed E-state index contributed by atoms with van der Waals surface area (Å²) in [4.78, 5) is 38.8. The number of aliphatic hydroxyl groups is 4. The van der Waals surface area contributed by atoms with Gasteiger partial charge in [0.05, 0.1) is 11.9 Å². The summed E-state index contributed by atoms with van der Waals surface area (Å²) in [6.45, 7) is 4.19. The van der Waals surface area contributed by atoms with Crippen LogP contribution in [-0.2, 0) is 19.2 Å². The van der Waals surface area contributed by atoms with Crippen molar-refractivity contribution in [3.63, 3.8) is 0 Å². The maximum absolute atomic E-state index is 9.74. The molecule has 0 spiro atoms. The molecule has 0 aliphatic carbocycles. The van der Waals surface area contributed by atoms with Crippen LogP contribution in [0.25, 0.3) is 0 Å². The second kappa shape index (κ2) is 19.2. The molecule has 0 unspecified atom stereocenters. The number of hydrogen-bond acceptors (Lipinski definition) is 10. The van der Waals surface area contributed by atoms with Gasteiger partial charge in [0, 0.05) is 11.1 Å². The van der Waals surface area contributed by atoms with Crippen LogP contribution < -0.4 is 21.7 Å². The average Bonchev–Trinajstić information content (AvgIpc) is 2.88. The third-order valence-corrected chi connectivity index (χ3v) is 4.32. The number of aliphatic hydroxyl groups excluding tert-OH is 4. The molecule has 2 aromatic rings. The number of carbonyl (C=O) groups excluding carboxylic acids is 2. The molecule has 0 saturated heterocycles. The van der Waals surface area contributed by atoms with Gasteiger partial charge in [0.25, 0.3) is 0 Å². The molecule has 12 N–H and O–H groups in total. The van der Waals surface area contributed by atoms with Crippen molar-refractivity contribution < 1.29 is 71.5 Å². The highest BCUT2D eigenvalue weighted by Crippen LogP contribution is 2.05. The number of hydrogen-bond donors (Lipinski definition) is 8. The summed E-state index contributed by atoms with van der Waals surface area (Å²) in [7, 11) is 0. The first-order valence-electron chi connectivity index (χ1n) is 10.9. The molecule has 0 radical (unpaired) electrons. The maximum atomic E-state index is 9.74. The van der Waals surface area contributed by atoms with Crippen LogP contribution in [0.1, 0.15) is 37.1 Å². The lowest BCUT2D eigenvalue weighted by Crippen LogP contribution is -2.51. The van der Waals surface area contributed by atoms with E-state index in [2.05, 4.69) is 49.6 Å². The number of benzene rings is 2. The highest BCUT2D eigenvalue weighted by atomic mass is 16.4. The van der Waals surface area contributed by atoms with E-state index in [0.29, 0.717) is 12.1 Å². The zero-order valence-corrected chi connectivity index (χ0v) is 20.8. The van der Waals surface area contributed by atoms with E-state index < -0.39 is 48.3 Å². The fourth-order valence-electron chi connectivity index (χ4n) is 2.09. The van der Waals surface area contributed by atoms with Gasteiger partial charge in [-0.25, -0.2) is 9.59 Å². The van der Waals surface area contributed by atoms with E-state index in [4.69, 9.17) is 30.6 Å². The highest BCUT2D eigenvalue weighted by Gasteiger charge is 2.24. The topological polar surface area (TPSA) is 291 Å². The Morgan fingerprint density at radius 1 is 0.579 bits per heavy atom. The number of rotatable bonds is 8. The number of carboxylic acids is 4. The molecule has 0 aromatic heterocycles. The third kappa shape index (κ3) is 15.9. The molecule has 0 aliphatic heterocycles. The first-order chi connectivity index (χ1) is 17.5. The van der Waals surface area contributed by atoms with Crippen molar-refractivity contribution in [2.24, 2.45) is 0 Å². The summed E-state index contributed by atoms with van der Waals surface area (Å²) < 4.78 is 0. The second-order valence-electron chi connectivity index (χ2n) is 7.72. The summed E-state index contributed by atoms with van der Waals surface area (Å²) in [5.74, 6) is -7.65. The van der Waals surface area contributed by atoms with Gasteiger partial charge in [-0.15, -0.1) is 0 Å². The Kier molecular flexibility index (Phi) is 18.3. The zero-order valence-electron chi connectivity index (χ0n) is 20.8. The molecule has 14 heteroatoms. The Bertz CT molecular complexity index is 855. The van der Waals surface area contributed by atoms with Gasteiger partial charge in [-0.1, -0.05) is 60.7 Å². The smallest absolute Gasteiger partial charge is 0.335 e. The molecule has 0 aliphatic rings. The molecule has 38 heavy (non-hydrogen) atoms. The molecular formula is C24H34N2O12. The van der Waals surface area contributed by atoms with Gasteiger partial charge in [0.2, 0.25) is 0 Å². The largest absolute Gasteiger partial charge is 0.547 e. The van der Waals surface area contributed by atoms with E-state index in [1.807, 2.05) is 36.4 Å². The summed E-state index contributed by atoms with van der Waals surface area (Å²) in [6, 6.07) is 21.4. The number of carboxylic acid groups (broad SMARTS) is 4. The summed E-state index contributed by atoms with van der Waals surface area (Å²) in [5.41, 5.74) is 10.4. The summed E-state index contributed by atoms with van der Waals surface area (Å²) in [6.07, 6.45) is -9.41. The van der Waals surface area contributed by atoms with Crippen molar-refractivity contribution in [3.8, 4) is 0 Å². The first-order valence-corrected chi connectivity index (χ1v) is 10.9.